The Labute approximate surface area is 126 Å². The number of methoxy groups -OCH3 is 1. The second kappa shape index (κ2) is 6.23. The van der Waals surface area contributed by atoms with Crippen LogP contribution in [0.25, 0.3) is 0 Å². The lowest BCUT2D eigenvalue weighted by Gasteiger charge is -2.49. The third-order valence-corrected chi connectivity index (χ3v) is 5.93. The maximum atomic E-state index is 5.43. The second-order valence-corrected chi connectivity index (χ2v) is 6.86. The summed E-state index contributed by atoms with van der Waals surface area (Å²) in [5.74, 6) is 3.75. The number of piperidine rings is 3. The van der Waals surface area contributed by atoms with E-state index < -0.39 is 0 Å². The van der Waals surface area contributed by atoms with E-state index in [4.69, 9.17) is 4.74 Å². The first-order valence-corrected chi connectivity index (χ1v) is 8.42. The summed E-state index contributed by atoms with van der Waals surface area (Å²) in [4.78, 5) is 3.92. The molecule has 3 heteroatoms. The highest BCUT2D eigenvalue weighted by atomic mass is 32.2. The van der Waals surface area contributed by atoms with E-state index in [1.54, 1.807) is 7.11 Å². The molecule has 0 amide bonds. The Morgan fingerprint density at radius 3 is 3.00 bits per heavy atom. The van der Waals surface area contributed by atoms with Crippen molar-refractivity contribution in [3.8, 4) is 5.75 Å². The van der Waals surface area contributed by atoms with Gasteiger partial charge in [0.2, 0.25) is 0 Å². The van der Waals surface area contributed by atoms with E-state index in [1.807, 2.05) is 23.9 Å². The second-order valence-electron chi connectivity index (χ2n) is 5.79. The van der Waals surface area contributed by atoms with Gasteiger partial charge in [-0.2, -0.15) is 0 Å². The Bertz CT molecular complexity index is 476. The minimum Gasteiger partial charge on any atom is -0.496 e. The number of para-hydroxylation sites is 1. The van der Waals surface area contributed by atoms with Crippen LogP contribution in [-0.2, 0) is 0 Å². The van der Waals surface area contributed by atoms with Gasteiger partial charge in [0.05, 0.1) is 7.11 Å². The zero-order valence-electron chi connectivity index (χ0n) is 12.1. The molecule has 0 saturated carbocycles. The highest BCUT2D eigenvalue weighted by Gasteiger charge is 2.38. The number of rotatable bonds is 5. The lowest BCUT2D eigenvalue weighted by molar-refractivity contribution is 0.0299. The Balaban J connectivity index is 1.61. The Morgan fingerprint density at radius 1 is 1.45 bits per heavy atom. The van der Waals surface area contributed by atoms with Crippen LogP contribution in [0.3, 0.4) is 0 Å². The number of benzene rings is 1. The Morgan fingerprint density at radius 2 is 2.30 bits per heavy atom. The molecule has 1 aromatic carbocycles. The molecule has 1 aromatic rings. The van der Waals surface area contributed by atoms with Crippen LogP contribution in [0.15, 0.2) is 41.8 Å². The molecule has 0 spiro atoms. The smallest absolute Gasteiger partial charge is 0.132 e. The van der Waals surface area contributed by atoms with Gasteiger partial charge in [-0.1, -0.05) is 18.2 Å². The summed E-state index contributed by atoms with van der Waals surface area (Å²) in [5, 5.41) is 0. The predicted octanol–water partition coefficient (Wildman–Crippen LogP) is 3.68. The molecule has 1 unspecified atom stereocenters. The number of ether oxygens (including phenoxy) is 1. The average molecular weight is 289 g/mol. The first kappa shape index (κ1) is 14.0. The molecular formula is C17H23NOS. The van der Waals surface area contributed by atoms with Gasteiger partial charge in [0, 0.05) is 23.2 Å². The SMILES string of the molecule is C=C[C@H]1CN2CC[C@H]1C[C@H]2CSc1ccccc1OC. The third-order valence-electron chi connectivity index (χ3n) is 4.73. The molecule has 0 aromatic heterocycles. The van der Waals surface area contributed by atoms with E-state index in [9.17, 15) is 0 Å². The molecule has 3 fully saturated rings. The van der Waals surface area contributed by atoms with E-state index >= 15 is 0 Å². The molecule has 3 saturated heterocycles. The summed E-state index contributed by atoms with van der Waals surface area (Å²) in [7, 11) is 1.75. The predicted molar refractivity (Wildman–Crippen MR) is 85.5 cm³/mol. The van der Waals surface area contributed by atoms with Gasteiger partial charge in [-0.05, 0) is 43.4 Å². The van der Waals surface area contributed by atoms with Gasteiger partial charge in [-0.15, -0.1) is 18.3 Å². The lowest BCUT2D eigenvalue weighted by Crippen LogP contribution is -2.53. The molecule has 3 aliphatic rings. The molecule has 108 valence electrons. The highest BCUT2D eigenvalue weighted by Crippen LogP contribution is 2.39. The first-order chi connectivity index (χ1) is 9.81. The number of hydrogen-bond donors (Lipinski definition) is 0. The van der Waals surface area contributed by atoms with Gasteiger partial charge in [0.15, 0.2) is 0 Å². The zero-order chi connectivity index (χ0) is 13.9. The molecule has 3 aliphatic heterocycles. The monoisotopic (exact) mass is 289 g/mol. The largest absolute Gasteiger partial charge is 0.496 e. The number of fused-ring (bicyclic) bond motifs is 3. The van der Waals surface area contributed by atoms with Gasteiger partial charge in [-0.3, -0.25) is 4.90 Å². The standard InChI is InChI=1S/C17H23NOS/c1-3-13-11-18-9-8-14(13)10-15(18)12-20-17-7-5-4-6-16(17)19-2/h3-7,13-15H,1,8-12H2,2H3/t13-,14-,15-/m0/s1. The molecule has 2 nitrogen and oxygen atoms in total. The fourth-order valence-corrected chi connectivity index (χ4v) is 4.73. The lowest BCUT2D eigenvalue weighted by atomic mass is 9.76. The van der Waals surface area contributed by atoms with E-state index in [0.29, 0.717) is 0 Å². The molecular weight excluding hydrogens is 266 g/mol. The van der Waals surface area contributed by atoms with Crippen molar-refractivity contribution >= 4 is 11.8 Å². The van der Waals surface area contributed by atoms with Crippen molar-refractivity contribution in [2.45, 2.75) is 23.8 Å². The maximum absolute atomic E-state index is 5.43. The Kier molecular flexibility index (Phi) is 4.37. The summed E-state index contributed by atoms with van der Waals surface area (Å²) in [5.41, 5.74) is 0. The molecule has 2 bridgehead atoms. The molecule has 4 rings (SSSR count). The van der Waals surface area contributed by atoms with Crippen LogP contribution in [0.5, 0.6) is 5.75 Å². The van der Waals surface area contributed by atoms with Crippen molar-refractivity contribution in [1.29, 1.82) is 0 Å². The normalized spacial score (nSPS) is 32.0. The van der Waals surface area contributed by atoms with Crippen molar-refractivity contribution in [2.75, 3.05) is 26.0 Å². The number of thioether (sulfide) groups is 1. The van der Waals surface area contributed by atoms with Gasteiger partial charge in [0.25, 0.3) is 0 Å². The molecule has 0 N–H and O–H groups in total. The Hall–Kier alpha value is -0.930. The van der Waals surface area contributed by atoms with Crippen molar-refractivity contribution in [3.05, 3.63) is 36.9 Å². The van der Waals surface area contributed by atoms with Gasteiger partial charge >= 0.3 is 0 Å². The van der Waals surface area contributed by atoms with Gasteiger partial charge in [-0.25, -0.2) is 0 Å². The average Bonchev–Trinajstić information content (AvgIpc) is 2.53. The highest BCUT2D eigenvalue weighted by molar-refractivity contribution is 7.99. The summed E-state index contributed by atoms with van der Waals surface area (Å²) in [6, 6.07) is 9.05. The minimum atomic E-state index is 0.719. The molecule has 0 aliphatic carbocycles. The van der Waals surface area contributed by atoms with Crippen molar-refractivity contribution in [1.82, 2.24) is 4.90 Å². The fraction of sp³-hybridized carbons (Fsp3) is 0.529. The van der Waals surface area contributed by atoms with Crippen LogP contribution in [0, 0.1) is 11.8 Å². The molecule has 20 heavy (non-hydrogen) atoms. The maximum Gasteiger partial charge on any atom is 0.132 e. The number of nitrogens with zero attached hydrogens (tertiary/aromatic N) is 1. The summed E-state index contributed by atoms with van der Waals surface area (Å²) < 4.78 is 5.43. The van der Waals surface area contributed by atoms with Crippen molar-refractivity contribution in [2.24, 2.45) is 11.8 Å². The van der Waals surface area contributed by atoms with Crippen LogP contribution < -0.4 is 4.74 Å². The quantitative estimate of drug-likeness (QED) is 0.606. The summed E-state index contributed by atoms with van der Waals surface area (Å²) in [6.45, 7) is 6.48. The molecule has 3 heterocycles. The first-order valence-electron chi connectivity index (χ1n) is 7.44. The van der Waals surface area contributed by atoms with E-state index in [-0.39, 0.29) is 0 Å². The van der Waals surface area contributed by atoms with Gasteiger partial charge < -0.3 is 4.74 Å². The van der Waals surface area contributed by atoms with E-state index in [0.717, 1.165) is 23.6 Å². The summed E-state index contributed by atoms with van der Waals surface area (Å²) >= 11 is 1.93. The number of hydrogen-bond acceptors (Lipinski definition) is 3. The van der Waals surface area contributed by atoms with Crippen molar-refractivity contribution in [3.63, 3.8) is 0 Å². The van der Waals surface area contributed by atoms with E-state index in [1.165, 1.54) is 36.6 Å². The van der Waals surface area contributed by atoms with Crippen LogP contribution in [0.2, 0.25) is 0 Å². The topological polar surface area (TPSA) is 12.5 Å². The molecule has 0 radical (unpaired) electrons. The third kappa shape index (κ3) is 2.75. The van der Waals surface area contributed by atoms with Crippen LogP contribution in [0.4, 0.5) is 0 Å². The zero-order valence-corrected chi connectivity index (χ0v) is 12.9. The van der Waals surface area contributed by atoms with Crippen LogP contribution >= 0.6 is 11.8 Å². The fourth-order valence-electron chi connectivity index (χ4n) is 3.54. The summed E-state index contributed by atoms with van der Waals surface area (Å²) in [6.07, 6.45) is 4.85. The van der Waals surface area contributed by atoms with E-state index in [2.05, 4.69) is 29.7 Å². The minimum absolute atomic E-state index is 0.719. The van der Waals surface area contributed by atoms with Gasteiger partial charge in [0.1, 0.15) is 5.75 Å². The van der Waals surface area contributed by atoms with Crippen LogP contribution in [-0.4, -0.2) is 36.9 Å². The van der Waals surface area contributed by atoms with Crippen molar-refractivity contribution < 1.29 is 4.74 Å². The molecule has 4 atom stereocenters. The van der Waals surface area contributed by atoms with Crippen LogP contribution in [0.1, 0.15) is 12.8 Å².